The Bertz CT molecular complexity index is 621. The zero-order valence-corrected chi connectivity index (χ0v) is 10.5. The molecule has 2 amide bonds. The number of imide groups is 1. The number of methoxy groups -OCH3 is 1. The molecule has 7 nitrogen and oxygen atoms in total. The lowest BCUT2D eigenvalue weighted by Gasteiger charge is -2.24. The van der Waals surface area contributed by atoms with Crippen LogP contribution in [0.2, 0.25) is 0 Å². The predicted octanol–water partition coefficient (Wildman–Crippen LogP) is 0.301. The van der Waals surface area contributed by atoms with E-state index in [0.717, 1.165) is 0 Å². The van der Waals surface area contributed by atoms with Gasteiger partial charge in [0.1, 0.15) is 0 Å². The summed E-state index contributed by atoms with van der Waals surface area (Å²) in [5, 5.41) is 11.0. The van der Waals surface area contributed by atoms with Gasteiger partial charge in [-0.15, -0.1) is 0 Å². The molecule has 0 saturated heterocycles. The first-order valence-corrected chi connectivity index (χ1v) is 5.74. The molecule has 1 heterocycles. The van der Waals surface area contributed by atoms with E-state index in [1.807, 2.05) is 0 Å². The lowest BCUT2D eigenvalue weighted by atomic mass is 9.84. The topological polar surface area (TPSA) is 110 Å². The highest BCUT2D eigenvalue weighted by Crippen LogP contribution is 2.31. The summed E-state index contributed by atoms with van der Waals surface area (Å²) in [6.07, 6.45) is -0.514. The molecule has 0 radical (unpaired) electrons. The maximum absolute atomic E-state index is 11.8. The number of hydrogen-bond acceptors (Lipinski definition) is 5. The van der Waals surface area contributed by atoms with Crippen LogP contribution >= 0.6 is 0 Å². The van der Waals surface area contributed by atoms with Crippen LogP contribution in [0.25, 0.3) is 0 Å². The summed E-state index contributed by atoms with van der Waals surface area (Å²) >= 11 is 0. The number of esters is 1. The first-order valence-electron chi connectivity index (χ1n) is 5.74. The number of amides is 2. The first-order chi connectivity index (χ1) is 9.45. The van der Waals surface area contributed by atoms with E-state index in [9.17, 15) is 19.2 Å². The Balaban J connectivity index is 2.64. The number of carbonyl (C=O) groups is 4. The smallest absolute Gasteiger partial charge is 0.338 e. The Labute approximate surface area is 113 Å². The number of rotatable bonds is 3. The lowest BCUT2D eigenvalue weighted by Crippen LogP contribution is -2.42. The molecule has 1 aliphatic heterocycles. The van der Waals surface area contributed by atoms with Gasteiger partial charge in [0, 0.05) is 5.56 Å². The molecule has 7 heteroatoms. The Hall–Kier alpha value is -2.70. The van der Waals surface area contributed by atoms with Crippen molar-refractivity contribution in [3.8, 4) is 0 Å². The largest absolute Gasteiger partial charge is 0.481 e. The molecule has 0 aliphatic carbocycles. The average Bonchev–Trinajstić information content (AvgIpc) is 2.41. The van der Waals surface area contributed by atoms with Gasteiger partial charge in [-0.25, -0.2) is 4.79 Å². The van der Waals surface area contributed by atoms with Gasteiger partial charge in [-0.3, -0.25) is 19.7 Å². The maximum Gasteiger partial charge on any atom is 0.338 e. The summed E-state index contributed by atoms with van der Waals surface area (Å²) in [6.45, 7) is 0. The summed E-state index contributed by atoms with van der Waals surface area (Å²) in [5.74, 6) is -4.42. The van der Waals surface area contributed by atoms with Gasteiger partial charge in [-0.1, -0.05) is 6.07 Å². The normalized spacial score (nSPS) is 17.1. The second-order valence-corrected chi connectivity index (χ2v) is 4.23. The van der Waals surface area contributed by atoms with E-state index < -0.39 is 36.1 Å². The molecule has 1 unspecified atom stereocenters. The second-order valence-electron chi connectivity index (χ2n) is 4.23. The van der Waals surface area contributed by atoms with E-state index >= 15 is 0 Å². The summed E-state index contributed by atoms with van der Waals surface area (Å²) in [5.41, 5.74) is 0.244. The molecule has 0 bridgehead atoms. The van der Waals surface area contributed by atoms with Crippen molar-refractivity contribution in [3.05, 3.63) is 34.9 Å². The maximum atomic E-state index is 11.8. The Morgan fingerprint density at radius 1 is 1.35 bits per heavy atom. The number of hydrogen-bond donors (Lipinski definition) is 2. The average molecular weight is 277 g/mol. The molecule has 1 aromatic carbocycles. The van der Waals surface area contributed by atoms with Gasteiger partial charge in [0.15, 0.2) is 0 Å². The van der Waals surface area contributed by atoms with E-state index in [0.29, 0.717) is 0 Å². The molecule has 0 spiro atoms. The zero-order chi connectivity index (χ0) is 14.9. The second kappa shape index (κ2) is 5.12. The van der Waals surface area contributed by atoms with E-state index in [-0.39, 0.29) is 16.7 Å². The molecular weight excluding hydrogens is 266 g/mol. The number of fused-ring (bicyclic) bond motifs is 1. The fourth-order valence-corrected chi connectivity index (χ4v) is 2.19. The minimum absolute atomic E-state index is 0.0273. The third-order valence-corrected chi connectivity index (χ3v) is 3.04. The standard InChI is InChI=1S/C13H11NO6/c1-20-13(19)7-4-2-3-6-10(7)8(5-9(15)16)12(18)14-11(6)17/h2-4,8H,5H2,1H3,(H,15,16)(H,14,17,18). The predicted molar refractivity (Wildman–Crippen MR) is 65.2 cm³/mol. The number of nitrogens with one attached hydrogen (secondary N) is 1. The van der Waals surface area contributed by atoms with E-state index in [1.165, 1.54) is 25.3 Å². The van der Waals surface area contributed by atoms with Crippen LogP contribution in [-0.4, -0.2) is 36.0 Å². The van der Waals surface area contributed by atoms with Crippen LogP contribution in [0.4, 0.5) is 0 Å². The minimum atomic E-state index is -1.20. The van der Waals surface area contributed by atoms with Crippen molar-refractivity contribution in [2.45, 2.75) is 12.3 Å². The van der Waals surface area contributed by atoms with Gasteiger partial charge in [-0.05, 0) is 17.7 Å². The molecule has 1 aliphatic rings. The molecule has 104 valence electrons. The molecule has 0 fully saturated rings. The van der Waals surface area contributed by atoms with E-state index in [1.54, 1.807) is 0 Å². The Morgan fingerprint density at radius 2 is 2.05 bits per heavy atom. The van der Waals surface area contributed by atoms with Crippen LogP contribution in [0, 0.1) is 0 Å². The van der Waals surface area contributed by atoms with Crippen LogP contribution < -0.4 is 5.32 Å². The third-order valence-electron chi connectivity index (χ3n) is 3.04. The Morgan fingerprint density at radius 3 is 2.65 bits per heavy atom. The summed E-state index contributed by atoms with van der Waals surface area (Å²) < 4.78 is 4.60. The van der Waals surface area contributed by atoms with Crippen molar-refractivity contribution in [1.82, 2.24) is 5.32 Å². The molecule has 1 atom stereocenters. The van der Waals surface area contributed by atoms with Crippen molar-refractivity contribution < 1.29 is 29.0 Å². The number of aliphatic carboxylic acids is 1. The lowest BCUT2D eigenvalue weighted by molar-refractivity contribution is -0.139. The van der Waals surface area contributed by atoms with Crippen molar-refractivity contribution in [2.24, 2.45) is 0 Å². The fourth-order valence-electron chi connectivity index (χ4n) is 2.19. The molecule has 2 N–H and O–H groups in total. The zero-order valence-electron chi connectivity index (χ0n) is 10.5. The van der Waals surface area contributed by atoms with Crippen LogP contribution in [0.5, 0.6) is 0 Å². The monoisotopic (exact) mass is 277 g/mol. The highest BCUT2D eigenvalue weighted by molar-refractivity contribution is 6.14. The number of carboxylic acids is 1. The van der Waals surface area contributed by atoms with Crippen molar-refractivity contribution in [3.63, 3.8) is 0 Å². The quantitative estimate of drug-likeness (QED) is 0.607. The van der Waals surface area contributed by atoms with Crippen LogP contribution in [0.3, 0.4) is 0 Å². The van der Waals surface area contributed by atoms with Gasteiger partial charge < -0.3 is 9.84 Å². The number of carboxylic acid groups (broad SMARTS) is 1. The van der Waals surface area contributed by atoms with Gasteiger partial charge in [0.25, 0.3) is 5.91 Å². The van der Waals surface area contributed by atoms with E-state index in [4.69, 9.17) is 5.11 Å². The molecule has 1 aromatic rings. The third kappa shape index (κ3) is 2.25. The first kappa shape index (κ1) is 13.7. The van der Waals surface area contributed by atoms with Gasteiger partial charge in [-0.2, -0.15) is 0 Å². The summed E-state index contributed by atoms with van der Waals surface area (Å²) in [4.78, 5) is 46.2. The fraction of sp³-hybridized carbons (Fsp3) is 0.231. The molecule has 20 heavy (non-hydrogen) atoms. The highest BCUT2D eigenvalue weighted by atomic mass is 16.5. The molecule has 0 saturated carbocycles. The number of carbonyl (C=O) groups excluding carboxylic acids is 3. The number of ether oxygens (including phenoxy) is 1. The number of benzene rings is 1. The van der Waals surface area contributed by atoms with Crippen LogP contribution in [-0.2, 0) is 14.3 Å². The summed E-state index contributed by atoms with van der Waals surface area (Å²) in [6, 6.07) is 4.29. The molecule has 0 aromatic heterocycles. The van der Waals surface area contributed by atoms with Crippen molar-refractivity contribution in [2.75, 3.05) is 7.11 Å². The van der Waals surface area contributed by atoms with Crippen LogP contribution in [0.1, 0.15) is 38.6 Å². The van der Waals surface area contributed by atoms with Gasteiger partial charge >= 0.3 is 11.9 Å². The minimum Gasteiger partial charge on any atom is -0.481 e. The highest BCUT2D eigenvalue weighted by Gasteiger charge is 2.37. The molecular formula is C13H11NO6. The molecule has 2 rings (SSSR count). The van der Waals surface area contributed by atoms with Gasteiger partial charge in [0.2, 0.25) is 5.91 Å². The SMILES string of the molecule is COC(=O)c1cccc2c1C(CC(=O)O)C(=O)NC2=O. The van der Waals surface area contributed by atoms with Crippen molar-refractivity contribution in [1.29, 1.82) is 0 Å². The van der Waals surface area contributed by atoms with Crippen molar-refractivity contribution >= 4 is 23.8 Å². The van der Waals surface area contributed by atoms with E-state index in [2.05, 4.69) is 10.1 Å². The Kier molecular flexibility index (Phi) is 3.51. The van der Waals surface area contributed by atoms with Gasteiger partial charge in [0.05, 0.1) is 25.0 Å². The van der Waals surface area contributed by atoms with Crippen LogP contribution in [0.15, 0.2) is 18.2 Å². The summed E-state index contributed by atoms with van der Waals surface area (Å²) in [7, 11) is 1.17.